The lowest BCUT2D eigenvalue weighted by Crippen LogP contribution is -2.28. The zero-order valence-electron chi connectivity index (χ0n) is 12.0. The molecular weight excluding hydrogens is 244 g/mol. The van der Waals surface area contributed by atoms with Crippen molar-refractivity contribution in [2.75, 3.05) is 19.5 Å². The Labute approximate surface area is 113 Å². The first-order chi connectivity index (χ1) is 8.75. The molecule has 0 aliphatic heterocycles. The van der Waals surface area contributed by atoms with Crippen molar-refractivity contribution in [1.82, 2.24) is 5.06 Å². The van der Waals surface area contributed by atoms with Crippen molar-refractivity contribution in [3.63, 3.8) is 0 Å². The molecule has 2 amide bonds. The summed E-state index contributed by atoms with van der Waals surface area (Å²) in [6.45, 7) is 5.52. The number of benzene rings is 1. The number of hydrogen-bond donors (Lipinski definition) is 1. The van der Waals surface area contributed by atoms with E-state index in [1.54, 1.807) is 24.3 Å². The lowest BCUT2D eigenvalue weighted by atomic mass is 9.95. The summed E-state index contributed by atoms with van der Waals surface area (Å²) >= 11 is 0. The molecule has 19 heavy (non-hydrogen) atoms. The van der Waals surface area contributed by atoms with Crippen LogP contribution in [0, 0.1) is 5.41 Å². The number of carbonyl (C=O) groups is 2. The summed E-state index contributed by atoms with van der Waals surface area (Å²) in [6.07, 6.45) is 0. The molecule has 0 bridgehead atoms. The van der Waals surface area contributed by atoms with Gasteiger partial charge in [0.25, 0.3) is 5.91 Å². The quantitative estimate of drug-likeness (QED) is 0.852. The van der Waals surface area contributed by atoms with Gasteiger partial charge in [0.1, 0.15) is 0 Å². The molecule has 0 aliphatic carbocycles. The molecular formula is C14H20N2O3. The summed E-state index contributed by atoms with van der Waals surface area (Å²) in [7, 11) is 2.97. The average Bonchev–Trinajstić information content (AvgIpc) is 2.36. The van der Waals surface area contributed by atoms with Gasteiger partial charge in [0.2, 0.25) is 5.91 Å². The predicted octanol–water partition coefficient (Wildman–Crippen LogP) is 2.30. The third-order valence-electron chi connectivity index (χ3n) is 2.63. The Kier molecular flexibility index (Phi) is 4.67. The monoisotopic (exact) mass is 264 g/mol. The lowest BCUT2D eigenvalue weighted by molar-refractivity contribution is -0.123. The van der Waals surface area contributed by atoms with Crippen LogP contribution in [0.3, 0.4) is 0 Å². The van der Waals surface area contributed by atoms with Crippen LogP contribution in [0.25, 0.3) is 0 Å². The van der Waals surface area contributed by atoms with E-state index < -0.39 is 5.41 Å². The third-order valence-corrected chi connectivity index (χ3v) is 2.63. The molecule has 1 N–H and O–H groups in total. The third kappa shape index (κ3) is 4.06. The van der Waals surface area contributed by atoms with Crippen molar-refractivity contribution in [3.05, 3.63) is 29.8 Å². The van der Waals surface area contributed by atoms with Gasteiger partial charge in [-0.1, -0.05) is 20.8 Å². The number of hydroxylamine groups is 2. The van der Waals surface area contributed by atoms with Crippen LogP contribution in [0.1, 0.15) is 31.1 Å². The first-order valence-electron chi connectivity index (χ1n) is 5.99. The Balaban J connectivity index is 2.78. The van der Waals surface area contributed by atoms with Gasteiger partial charge in [0.05, 0.1) is 7.11 Å². The Hall–Kier alpha value is -1.88. The van der Waals surface area contributed by atoms with Crippen molar-refractivity contribution in [3.8, 4) is 0 Å². The molecule has 0 saturated carbocycles. The van der Waals surface area contributed by atoms with Crippen LogP contribution < -0.4 is 5.32 Å². The molecule has 0 spiro atoms. The van der Waals surface area contributed by atoms with Crippen LogP contribution in [0.2, 0.25) is 0 Å². The van der Waals surface area contributed by atoms with Crippen LogP contribution in [-0.2, 0) is 9.63 Å². The van der Waals surface area contributed by atoms with E-state index in [4.69, 9.17) is 4.84 Å². The molecule has 0 aliphatic rings. The highest BCUT2D eigenvalue weighted by Gasteiger charge is 2.21. The molecule has 0 aromatic heterocycles. The second-order valence-electron chi connectivity index (χ2n) is 5.27. The zero-order chi connectivity index (χ0) is 14.6. The van der Waals surface area contributed by atoms with Gasteiger partial charge in [-0.25, -0.2) is 5.06 Å². The van der Waals surface area contributed by atoms with E-state index in [1.807, 2.05) is 20.8 Å². The molecule has 1 rings (SSSR count). The summed E-state index contributed by atoms with van der Waals surface area (Å²) in [5.41, 5.74) is 0.708. The van der Waals surface area contributed by atoms with Crippen molar-refractivity contribution >= 4 is 17.5 Å². The molecule has 0 saturated heterocycles. The molecule has 0 atom stereocenters. The zero-order valence-corrected chi connectivity index (χ0v) is 12.0. The fourth-order valence-electron chi connectivity index (χ4n) is 1.28. The smallest absolute Gasteiger partial charge is 0.277 e. The Bertz CT molecular complexity index is 461. The van der Waals surface area contributed by atoms with Crippen LogP contribution in [0.4, 0.5) is 5.69 Å². The number of amides is 2. The molecule has 104 valence electrons. The van der Waals surface area contributed by atoms with Gasteiger partial charge < -0.3 is 5.32 Å². The second kappa shape index (κ2) is 5.84. The SMILES string of the molecule is CON(C)C(=O)c1ccc(NC(=O)C(C)(C)C)cc1. The molecule has 5 nitrogen and oxygen atoms in total. The van der Waals surface area contributed by atoms with Crippen molar-refractivity contribution < 1.29 is 14.4 Å². The molecule has 0 fully saturated rings. The Morgan fingerprint density at radius 2 is 1.68 bits per heavy atom. The maximum Gasteiger partial charge on any atom is 0.277 e. The highest BCUT2D eigenvalue weighted by atomic mass is 16.7. The number of nitrogens with one attached hydrogen (secondary N) is 1. The van der Waals surface area contributed by atoms with E-state index in [2.05, 4.69) is 5.32 Å². The van der Waals surface area contributed by atoms with Crippen molar-refractivity contribution in [2.24, 2.45) is 5.41 Å². The van der Waals surface area contributed by atoms with Crippen LogP contribution in [0.15, 0.2) is 24.3 Å². The van der Waals surface area contributed by atoms with E-state index in [-0.39, 0.29) is 11.8 Å². The number of anilines is 1. The minimum atomic E-state index is -0.454. The van der Waals surface area contributed by atoms with Gasteiger partial charge in [-0.2, -0.15) is 0 Å². The fraction of sp³-hybridized carbons (Fsp3) is 0.429. The lowest BCUT2D eigenvalue weighted by Gasteiger charge is -2.18. The minimum absolute atomic E-state index is 0.0689. The summed E-state index contributed by atoms with van der Waals surface area (Å²) in [5.74, 6) is -0.309. The molecule has 0 radical (unpaired) electrons. The summed E-state index contributed by atoms with van der Waals surface area (Å²) in [4.78, 5) is 28.4. The van der Waals surface area contributed by atoms with E-state index in [0.717, 1.165) is 5.06 Å². The molecule has 0 heterocycles. The maximum atomic E-state index is 11.8. The van der Waals surface area contributed by atoms with Crippen LogP contribution in [-0.4, -0.2) is 31.0 Å². The second-order valence-corrected chi connectivity index (χ2v) is 5.27. The van der Waals surface area contributed by atoms with E-state index >= 15 is 0 Å². The fourth-order valence-corrected chi connectivity index (χ4v) is 1.28. The number of rotatable bonds is 3. The first kappa shape index (κ1) is 15.2. The van der Waals surface area contributed by atoms with Gasteiger partial charge in [-0.3, -0.25) is 14.4 Å². The van der Waals surface area contributed by atoms with E-state index in [0.29, 0.717) is 11.3 Å². The highest BCUT2D eigenvalue weighted by molar-refractivity contribution is 5.96. The number of nitrogens with zero attached hydrogens (tertiary/aromatic N) is 1. The summed E-state index contributed by atoms with van der Waals surface area (Å²) in [6, 6.07) is 6.69. The number of hydrogen-bond acceptors (Lipinski definition) is 3. The summed E-state index contributed by atoms with van der Waals surface area (Å²) < 4.78 is 0. The largest absolute Gasteiger partial charge is 0.326 e. The molecule has 0 unspecified atom stereocenters. The normalized spacial score (nSPS) is 11.0. The Morgan fingerprint density at radius 1 is 1.16 bits per heavy atom. The standard InChI is InChI=1S/C14H20N2O3/c1-14(2,3)13(18)15-11-8-6-10(7-9-11)12(17)16(4)19-5/h6-9H,1-5H3,(H,15,18). The van der Waals surface area contributed by atoms with Gasteiger partial charge in [-0.15, -0.1) is 0 Å². The average molecular weight is 264 g/mol. The number of carbonyl (C=O) groups excluding carboxylic acids is 2. The van der Waals surface area contributed by atoms with Crippen LogP contribution in [0.5, 0.6) is 0 Å². The predicted molar refractivity (Wildman–Crippen MR) is 73.6 cm³/mol. The summed E-state index contributed by atoms with van der Waals surface area (Å²) in [5, 5.41) is 3.94. The van der Waals surface area contributed by atoms with E-state index in [1.165, 1.54) is 14.2 Å². The Morgan fingerprint density at radius 3 is 2.11 bits per heavy atom. The van der Waals surface area contributed by atoms with Crippen molar-refractivity contribution in [2.45, 2.75) is 20.8 Å². The molecule has 1 aromatic carbocycles. The van der Waals surface area contributed by atoms with Gasteiger partial charge >= 0.3 is 0 Å². The maximum absolute atomic E-state index is 11.8. The first-order valence-corrected chi connectivity index (χ1v) is 5.99. The minimum Gasteiger partial charge on any atom is -0.326 e. The topological polar surface area (TPSA) is 58.6 Å². The van der Waals surface area contributed by atoms with Crippen LogP contribution >= 0.6 is 0 Å². The van der Waals surface area contributed by atoms with Gasteiger partial charge in [0, 0.05) is 23.7 Å². The van der Waals surface area contributed by atoms with Gasteiger partial charge in [0.15, 0.2) is 0 Å². The van der Waals surface area contributed by atoms with Gasteiger partial charge in [-0.05, 0) is 24.3 Å². The highest BCUT2D eigenvalue weighted by Crippen LogP contribution is 2.18. The molecule has 5 heteroatoms. The van der Waals surface area contributed by atoms with E-state index in [9.17, 15) is 9.59 Å². The molecule has 1 aromatic rings. The van der Waals surface area contributed by atoms with Crippen molar-refractivity contribution in [1.29, 1.82) is 0 Å².